The molecule has 0 saturated carbocycles. The zero-order valence-electron chi connectivity index (χ0n) is 6.57. The molecular formula is C8H7N4. The first-order valence-electron chi connectivity index (χ1n) is 3.56. The quantitative estimate of drug-likeness (QED) is 0.674. The van der Waals surface area contributed by atoms with Crippen LogP contribution in [-0.4, -0.2) is 19.9 Å². The standard InChI is InChI=1S/C8H7N4/c1-6-11-4-8(12-6)7-2-9-5-10-3-7/h2-3,5H,1H3,(H,11,12). The van der Waals surface area contributed by atoms with Gasteiger partial charge in [0, 0.05) is 18.0 Å². The van der Waals surface area contributed by atoms with Crippen molar-refractivity contribution in [3.63, 3.8) is 0 Å². The molecule has 0 fully saturated rings. The minimum absolute atomic E-state index is 0.827. The fourth-order valence-corrected chi connectivity index (χ4v) is 0.941. The van der Waals surface area contributed by atoms with Crippen LogP contribution in [0.1, 0.15) is 5.82 Å². The smallest absolute Gasteiger partial charge is 0.117 e. The van der Waals surface area contributed by atoms with Gasteiger partial charge < -0.3 is 4.98 Å². The number of rotatable bonds is 1. The van der Waals surface area contributed by atoms with Gasteiger partial charge in [-0.15, -0.1) is 0 Å². The van der Waals surface area contributed by atoms with Crippen LogP contribution in [0.2, 0.25) is 0 Å². The number of imidazole rings is 1. The summed E-state index contributed by atoms with van der Waals surface area (Å²) in [5.74, 6) is 0.842. The van der Waals surface area contributed by atoms with Crippen molar-refractivity contribution in [3.8, 4) is 11.3 Å². The van der Waals surface area contributed by atoms with E-state index in [0.717, 1.165) is 17.1 Å². The Bertz CT molecular complexity index is 366. The summed E-state index contributed by atoms with van der Waals surface area (Å²) < 4.78 is 0. The van der Waals surface area contributed by atoms with E-state index in [2.05, 4.69) is 26.1 Å². The summed E-state index contributed by atoms with van der Waals surface area (Å²) in [4.78, 5) is 14.8. The van der Waals surface area contributed by atoms with E-state index >= 15 is 0 Å². The largest absolute Gasteiger partial charge is 0.342 e. The number of nitrogens with one attached hydrogen (secondary N) is 1. The molecule has 2 rings (SSSR count). The third-order valence-electron chi connectivity index (χ3n) is 1.49. The Morgan fingerprint density at radius 1 is 1.33 bits per heavy atom. The van der Waals surface area contributed by atoms with Gasteiger partial charge in [-0.2, -0.15) is 0 Å². The van der Waals surface area contributed by atoms with Gasteiger partial charge in [-0.05, 0) is 6.92 Å². The number of aromatic nitrogens is 4. The molecule has 1 N–H and O–H groups in total. The monoisotopic (exact) mass is 159 g/mol. The lowest BCUT2D eigenvalue weighted by Gasteiger charge is -1.92. The van der Waals surface area contributed by atoms with E-state index in [1.165, 1.54) is 6.33 Å². The molecule has 2 aromatic rings. The second-order valence-electron chi connectivity index (χ2n) is 2.44. The van der Waals surface area contributed by atoms with Crippen LogP contribution in [0.4, 0.5) is 0 Å². The van der Waals surface area contributed by atoms with E-state index in [4.69, 9.17) is 0 Å². The predicted molar refractivity (Wildman–Crippen MR) is 43.2 cm³/mol. The van der Waals surface area contributed by atoms with Crippen molar-refractivity contribution in [2.24, 2.45) is 0 Å². The Kier molecular flexibility index (Phi) is 1.59. The van der Waals surface area contributed by atoms with Gasteiger partial charge in [0.1, 0.15) is 18.3 Å². The summed E-state index contributed by atoms with van der Waals surface area (Å²) in [7, 11) is 0. The highest BCUT2D eigenvalue weighted by Crippen LogP contribution is 2.12. The number of H-pyrrole nitrogens is 1. The first-order valence-corrected chi connectivity index (χ1v) is 3.56. The van der Waals surface area contributed by atoms with Crippen LogP contribution in [0.15, 0.2) is 18.7 Å². The van der Waals surface area contributed by atoms with Crippen LogP contribution in [0.25, 0.3) is 11.3 Å². The van der Waals surface area contributed by atoms with E-state index in [1.807, 2.05) is 6.92 Å². The number of hydrogen-bond acceptors (Lipinski definition) is 3. The first-order chi connectivity index (χ1) is 5.86. The summed E-state index contributed by atoms with van der Waals surface area (Å²) in [5.41, 5.74) is 1.73. The van der Waals surface area contributed by atoms with Crippen LogP contribution in [0.3, 0.4) is 0 Å². The van der Waals surface area contributed by atoms with Crippen molar-refractivity contribution in [1.82, 2.24) is 19.9 Å². The predicted octanol–water partition coefficient (Wildman–Crippen LogP) is 0.975. The SMILES string of the molecule is Cc1n[c]c(-c2cncnc2)[nH]1. The van der Waals surface area contributed by atoms with Crippen LogP contribution in [0.5, 0.6) is 0 Å². The third kappa shape index (κ3) is 1.18. The first kappa shape index (κ1) is 6.97. The van der Waals surface area contributed by atoms with E-state index in [9.17, 15) is 0 Å². The van der Waals surface area contributed by atoms with Gasteiger partial charge in [0.15, 0.2) is 0 Å². The van der Waals surface area contributed by atoms with Gasteiger partial charge >= 0.3 is 0 Å². The molecule has 0 saturated heterocycles. The fourth-order valence-electron chi connectivity index (χ4n) is 0.941. The molecule has 0 aliphatic heterocycles. The van der Waals surface area contributed by atoms with E-state index in [1.54, 1.807) is 12.4 Å². The summed E-state index contributed by atoms with van der Waals surface area (Å²) in [6, 6.07) is 0. The van der Waals surface area contributed by atoms with Crippen LogP contribution in [-0.2, 0) is 0 Å². The minimum Gasteiger partial charge on any atom is -0.342 e. The molecule has 2 heterocycles. The molecule has 12 heavy (non-hydrogen) atoms. The lowest BCUT2D eigenvalue weighted by molar-refractivity contribution is 1.14. The Morgan fingerprint density at radius 2 is 2.08 bits per heavy atom. The molecule has 0 unspecified atom stereocenters. The molecular weight excluding hydrogens is 152 g/mol. The maximum atomic E-state index is 3.96. The maximum absolute atomic E-state index is 3.96. The van der Waals surface area contributed by atoms with Crippen molar-refractivity contribution in [2.75, 3.05) is 0 Å². The normalized spacial score (nSPS) is 10.1. The van der Waals surface area contributed by atoms with Crippen LogP contribution >= 0.6 is 0 Å². The summed E-state index contributed by atoms with van der Waals surface area (Å²) in [6.07, 6.45) is 7.77. The third-order valence-corrected chi connectivity index (χ3v) is 1.49. The Labute approximate surface area is 69.7 Å². The lowest BCUT2D eigenvalue weighted by Crippen LogP contribution is -1.81. The topological polar surface area (TPSA) is 54.5 Å². The number of aromatic amines is 1. The average Bonchev–Trinajstić information content (AvgIpc) is 2.54. The molecule has 4 heteroatoms. The zero-order chi connectivity index (χ0) is 8.39. The molecule has 0 atom stereocenters. The average molecular weight is 159 g/mol. The maximum Gasteiger partial charge on any atom is 0.117 e. The lowest BCUT2D eigenvalue weighted by atomic mass is 10.3. The summed E-state index contributed by atoms with van der Waals surface area (Å²) in [5, 5.41) is 0. The molecule has 0 aliphatic carbocycles. The second-order valence-corrected chi connectivity index (χ2v) is 2.44. The van der Waals surface area contributed by atoms with Crippen molar-refractivity contribution in [3.05, 3.63) is 30.7 Å². The van der Waals surface area contributed by atoms with Gasteiger partial charge in [-0.3, -0.25) is 0 Å². The van der Waals surface area contributed by atoms with Crippen LogP contribution in [0, 0.1) is 13.1 Å². The molecule has 2 aromatic heterocycles. The highest BCUT2D eigenvalue weighted by Gasteiger charge is 2.00. The van der Waals surface area contributed by atoms with Gasteiger partial charge in [0.25, 0.3) is 0 Å². The van der Waals surface area contributed by atoms with Crippen molar-refractivity contribution < 1.29 is 0 Å². The molecule has 0 amide bonds. The summed E-state index contributed by atoms with van der Waals surface area (Å²) >= 11 is 0. The molecule has 0 aromatic carbocycles. The fraction of sp³-hybridized carbons (Fsp3) is 0.125. The molecule has 0 spiro atoms. The van der Waals surface area contributed by atoms with Gasteiger partial charge in [-0.25, -0.2) is 15.0 Å². The van der Waals surface area contributed by atoms with Crippen molar-refractivity contribution in [1.29, 1.82) is 0 Å². The number of hydrogen-bond donors (Lipinski definition) is 1. The Morgan fingerprint density at radius 3 is 2.67 bits per heavy atom. The Balaban J connectivity index is 2.45. The van der Waals surface area contributed by atoms with E-state index in [0.29, 0.717) is 0 Å². The van der Waals surface area contributed by atoms with Crippen LogP contribution < -0.4 is 0 Å². The molecule has 59 valence electrons. The molecule has 4 nitrogen and oxygen atoms in total. The molecule has 0 bridgehead atoms. The highest BCUT2D eigenvalue weighted by atomic mass is 14.9. The Hall–Kier alpha value is -1.71. The van der Waals surface area contributed by atoms with Crippen molar-refractivity contribution >= 4 is 0 Å². The van der Waals surface area contributed by atoms with Gasteiger partial charge in [-0.1, -0.05) is 0 Å². The van der Waals surface area contributed by atoms with Gasteiger partial charge in [0.05, 0.1) is 5.69 Å². The van der Waals surface area contributed by atoms with E-state index in [-0.39, 0.29) is 0 Å². The highest BCUT2D eigenvalue weighted by molar-refractivity contribution is 5.54. The zero-order valence-corrected chi connectivity index (χ0v) is 6.57. The molecule has 1 radical (unpaired) electrons. The number of nitrogens with zero attached hydrogens (tertiary/aromatic N) is 3. The number of aryl methyl sites for hydroxylation is 1. The summed E-state index contributed by atoms with van der Waals surface area (Å²) in [6.45, 7) is 1.88. The van der Waals surface area contributed by atoms with E-state index < -0.39 is 0 Å². The van der Waals surface area contributed by atoms with Gasteiger partial charge in [0.2, 0.25) is 0 Å². The molecule has 0 aliphatic rings. The minimum atomic E-state index is 0.827. The second kappa shape index (κ2) is 2.73. The van der Waals surface area contributed by atoms with Crippen molar-refractivity contribution in [2.45, 2.75) is 6.92 Å².